The van der Waals surface area contributed by atoms with E-state index in [0.29, 0.717) is 0 Å². The monoisotopic (exact) mass is 148 g/mol. The maximum absolute atomic E-state index is 0. The van der Waals surface area contributed by atoms with E-state index in [9.17, 15) is 0 Å². The molecule has 0 nitrogen and oxygen atoms in total. The summed E-state index contributed by atoms with van der Waals surface area (Å²) in [5.41, 5.74) is 0. The van der Waals surface area contributed by atoms with Gasteiger partial charge in [0.1, 0.15) is 0 Å². The maximum atomic E-state index is 0. The Hall–Kier alpha value is 2.45. The molecule has 0 radical (unpaired) electrons. The topological polar surface area (TPSA) is 0 Å². The molecule has 24 valence electrons. The first kappa shape index (κ1) is 51.5. The van der Waals surface area contributed by atoms with Gasteiger partial charge in [0.05, 0.1) is 0 Å². The fourth-order valence-corrected chi connectivity index (χ4v) is 0. The van der Waals surface area contributed by atoms with Gasteiger partial charge >= 0.3 is 70.9 Å². The van der Waals surface area contributed by atoms with Crippen molar-refractivity contribution in [3.05, 3.63) is 0 Å². The Morgan fingerprint density at radius 1 is 0.600 bits per heavy atom. The molecule has 0 aromatic rings. The molecule has 0 amide bonds. The molecule has 5 heteroatoms. The summed E-state index contributed by atoms with van der Waals surface area (Å²) in [5, 5.41) is 0. The number of hydrogen-bond donors (Lipinski definition) is 0. The van der Waals surface area contributed by atoms with Gasteiger partial charge < -0.3 is 0 Å². The van der Waals surface area contributed by atoms with E-state index >= 15 is 0 Å². The van der Waals surface area contributed by atoms with Gasteiger partial charge in [-0.2, -0.15) is 0 Å². The van der Waals surface area contributed by atoms with Gasteiger partial charge in [-0.25, -0.2) is 0 Å². The normalized spacial score (nSPS) is 0. The van der Waals surface area contributed by atoms with Crippen LogP contribution in [0.2, 0.25) is 0 Å². The minimum atomic E-state index is 0. The standard InChI is InChI=1S/3BH4.K.Zn/h3*1H4;;/q3*-1;+1;+2. The van der Waals surface area contributed by atoms with Crippen LogP contribution >= 0.6 is 0 Å². The van der Waals surface area contributed by atoms with Crippen LogP contribution in [-0.2, 0) is 19.5 Å². The molecule has 0 spiro atoms. The minimum absolute atomic E-state index is 0. The van der Waals surface area contributed by atoms with Gasteiger partial charge in [0.2, 0.25) is 0 Å². The molecule has 0 heterocycles. The Kier molecular flexibility index (Phi) is 329. The van der Waals surface area contributed by atoms with Gasteiger partial charge in [-0.15, -0.1) is 0 Å². The van der Waals surface area contributed by atoms with Crippen LogP contribution in [0.25, 0.3) is 0 Å². The first-order valence-corrected chi connectivity index (χ1v) is 0. The molecule has 0 rings (SSSR count). The molecule has 0 aromatic carbocycles. The zero-order chi connectivity index (χ0) is 0. The van der Waals surface area contributed by atoms with Crippen LogP contribution in [0.1, 0.15) is 0 Å². The summed E-state index contributed by atoms with van der Waals surface area (Å²) in [7, 11) is 0. The smallest absolute Gasteiger partial charge is 0.0626 e. The molecule has 0 N–H and O–H groups in total. The predicted octanol–water partition coefficient (Wildman–Crippen LogP) is -7.35. The van der Waals surface area contributed by atoms with Crippen LogP contribution in [0.15, 0.2) is 0 Å². The summed E-state index contributed by atoms with van der Waals surface area (Å²) >= 11 is 0. The summed E-state index contributed by atoms with van der Waals surface area (Å²) in [4.78, 5) is 0. The van der Waals surface area contributed by atoms with E-state index in [1.54, 1.807) is 0 Å². The molecule has 0 aliphatic carbocycles. The van der Waals surface area contributed by atoms with Crippen LogP contribution in [0.3, 0.4) is 0 Å². The average Bonchev–Trinajstić information content (AvgIpc) is 0. The van der Waals surface area contributed by atoms with Crippen molar-refractivity contribution < 1.29 is 70.9 Å². The van der Waals surface area contributed by atoms with Crippen LogP contribution in [-0.4, -0.2) is 25.2 Å². The van der Waals surface area contributed by atoms with Crippen molar-refractivity contribution in [3.63, 3.8) is 0 Å². The van der Waals surface area contributed by atoms with Gasteiger partial charge in [-0.05, 0) is 0 Å². The second-order valence-corrected chi connectivity index (χ2v) is 0. The van der Waals surface area contributed by atoms with Crippen molar-refractivity contribution in [2.24, 2.45) is 0 Å². The average molecular weight is 149 g/mol. The van der Waals surface area contributed by atoms with Crippen molar-refractivity contribution in [3.8, 4) is 0 Å². The molecule has 0 saturated carbocycles. The molecule has 0 aromatic heterocycles. The zero-order valence-electron chi connectivity index (χ0n) is 1.71. The molecule has 0 fully saturated rings. The van der Waals surface area contributed by atoms with Crippen LogP contribution < -0.4 is 51.4 Å². The van der Waals surface area contributed by atoms with Gasteiger partial charge in [-0.1, -0.05) is 25.2 Å². The van der Waals surface area contributed by atoms with E-state index in [1.807, 2.05) is 0 Å². The molecule has 0 aliphatic rings. The molecule has 5 heavy (non-hydrogen) atoms. The van der Waals surface area contributed by atoms with Gasteiger partial charge in [0, 0.05) is 0 Å². The second kappa shape index (κ2) is 31.9. The minimum Gasteiger partial charge on any atom is -0.0626 e. The van der Waals surface area contributed by atoms with Crippen molar-refractivity contribution >= 4 is 25.2 Å². The first-order chi connectivity index (χ1) is 0. The second-order valence-electron chi connectivity index (χ2n) is 0. The van der Waals surface area contributed by atoms with Gasteiger partial charge in [0.15, 0.2) is 0 Å². The number of hydrogen-bond acceptors (Lipinski definition) is 0. The van der Waals surface area contributed by atoms with E-state index in [-0.39, 0.29) is 96.1 Å². The first-order valence-electron chi connectivity index (χ1n) is 0. The SMILES string of the molecule is [BH4-].[BH4-].[BH4-].[K+].[Zn+2]. The van der Waals surface area contributed by atoms with Gasteiger partial charge in [-0.3, -0.25) is 0 Å². The molecular formula is H12B3KZn. The quantitative estimate of drug-likeness (QED) is 0.300. The maximum Gasteiger partial charge on any atom is 2.00 e. The summed E-state index contributed by atoms with van der Waals surface area (Å²) in [6, 6.07) is 0. The van der Waals surface area contributed by atoms with E-state index < -0.39 is 0 Å². The molecular weight excluding hydrogens is 137 g/mol. The third kappa shape index (κ3) is 21.3. The van der Waals surface area contributed by atoms with Crippen molar-refractivity contribution in [2.75, 3.05) is 0 Å². The fraction of sp³-hybridized carbons (Fsp3) is 0. The molecule has 0 bridgehead atoms. The van der Waals surface area contributed by atoms with E-state index in [1.165, 1.54) is 0 Å². The van der Waals surface area contributed by atoms with Crippen LogP contribution in [0, 0.1) is 0 Å². The van der Waals surface area contributed by atoms with Crippen molar-refractivity contribution in [2.45, 2.75) is 0 Å². The summed E-state index contributed by atoms with van der Waals surface area (Å²) in [6.45, 7) is 0. The summed E-state index contributed by atoms with van der Waals surface area (Å²) in [6.07, 6.45) is 0. The molecule has 0 unspecified atom stereocenters. The Balaban J connectivity index is 0. The van der Waals surface area contributed by atoms with Crippen LogP contribution in [0.4, 0.5) is 0 Å². The molecule has 0 atom stereocenters. The van der Waals surface area contributed by atoms with E-state index in [2.05, 4.69) is 0 Å². The van der Waals surface area contributed by atoms with Crippen molar-refractivity contribution in [1.29, 1.82) is 0 Å². The Morgan fingerprint density at radius 2 is 0.600 bits per heavy atom. The van der Waals surface area contributed by atoms with Crippen molar-refractivity contribution in [1.82, 2.24) is 0 Å². The Morgan fingerprint density at radius 3 is 0.600 bits per heavy atom. The predicted molar refractivity (Wildman–Crippen MR) is 34.0 cm³/mol. The zero-order valence-corrected chi connectivity index (χ0v) is 7.80. The van der Waals surface area contributed by atoms with Crippen LogP contribution in [0.5, 0.6) is 0 Å². The Labute approximate surface area is 94.1 Å². The van der Waals surface area contributed by atoms with E-state index in [0.717, 1.165) is 0 Å². The largest absolute Gasteiger partial charge is 2.00 e. The number of rotatable bonds is 0. The third-order valence-corrected chi connectivity index (χ3v) is 0. The summed E-state index contributed by atoms with van der Waals surface area (Å²) < 4.78 is 0. The summed E-state index contributed by atoms with van der Waals surface area (Å²) in [5.74, 6) is 0. The Bertz CT molecular complexity index is 6.85. The molecule has 0 aliphatic heterocycles. The molecule has 0 saturated heterocycles. The van der Waals surface area contributed by atoms with Gasteiger partial charge in [0.25, 0.3) is 0 Å². The third-order valence-electron chi connectivity index (χ3n) is 0. The van der Waals surface area contributed by atoms with E-state index in [4.69, 9.17) is 0 Å². The fourth-order valence-electron chi connectivity index (χ4n) is 0.